The second-order valence-electron chi connectivity index (χ2n) is 4.45. The van der Waals surface area contributed by atoms with E-state index >= 15 is 0 Å². The van der Waals surface area contributed by atoms with Crippen LogP contribution in [-0.4, -0.2) is 5.71 Å². The number of allylic oxidation sites excluding steroid dienone is 2. The zero-order valence-electron chi connectivity index (χ0n) is 8.46. The topological polar surface area (TPSA) is 71.4 Å². The van der Waals surface area contributed by atoms with E-state index in [4.69, 9.17) is 15.9 Å². The average molecular weight is 187 g/mol. The molecule has 3 nitrogen and oxygen atoms in total. The molecule has 0 aromatic carbocycles. The summed E-state index contributed by atoms with van der Waals surface area (Å²) in [6.45, 7) is 4.11. The maximum Gasteiger partial charge on any atom is 0.154 e. The van der Waals surface area contributed by atoms with Gasteiger partial charge in [-0.25, -0.2) is 0 Å². The van der Waals surface area contributed by atoms with Crippen LogP contribution in [0.15, 0.2) is 11.6 Å². The molecule has 72 valence electrons. The van der Waals surface area contributed by atoms with Crippen LogP contribution >= 0.6 is 0 Å². The third kappa shape index (κ3) is 2.20. The second-order valence-corrected chi connectivity index (χ2v) is 4.45. The fourth-order valence-electron chi connectivity index (χ4n) is 1.84. The standard InChI is InChI=1S/C11H13N3/c1-11(2)4-8(3-10(14)5-11)9(6-12)7-13/h3,9,14H,4-5H2,1-2H3. The first-order valence-electron chi connectivity index (χ1n) is 4.55. The van der Waals surface area contributed by atoms with Gasteiger partial charge in [-0.2, -0.15) is 10.5 Å². The molecule has 0 aliphatic heterocycles. The highest BCUT2D eigenvalue weighted by molar-refractivity contribution is 5.94. The third-order valence-electron chi connectivity index (χ3n) is 2.34. The molecular weight excluding hydrogens is 174 g/mol. The van der Waals surface area contributed by atoms with E-state index in [-0.39, 0.29) is 5.41 Å². The summed E-state index contributed by atoms with van der Waals surface area (Å²) < 4.78 is 0. The Balaban J connectivity index is 2.97. The van der Waals surface area contributed by atoms with Crippen LogP contribution in [0.2, 0.25) is 0 Å². The lowest BCUT2D eigenvalue weighted by Gasteiger charge is -2.30. The van der Waals surface area contributed by atoms with E-state index in [1.165, 1.54) is 0 Å². The quantitative estimate of drug-likeness (QED) is 0.684. The first-order chi connectivity index (χ1) is 6.48. The van der Waals surface area contributed by atoms with Crippen LogP contribution in [-0.2, 0) is 0 Å². The molecule has 1 aliphatic rings. The van der Waals surface area contributed by atoms with Crippen molar-refractivity contribution in [3.8, 4) is 12.1 Å². The molecule has 0 saturated carbocycles. The molecule has 1 aliphatic carbocycles. The molecule has 0 saturated heterocycles. The van der Waals surface area contributed by atoms with Crippen molar-refractivity contribution in [3.63, 3.8) is 0 Å². The minimum absolute atomic E-state index is 0.00706. The maximum absolute atomic E-state index is 8.75. The van der Waals surface area contributed by atoms with E-state index in [1.54, 1.807) is 6.08 Å². The molecular formula is C11H13N3. The number of hydrogen-bond donors (Lipinski definition) is 1. The lowest BCUT2D eigenvalue weighted by Crippen LogP contribution is -2.23. The molecule has 14 heavy (non-hydrogen) atoms. The van der Waals surface area contributed by atoms with Crippen molar-refractivity contribution in [2.24, 2.45) is 11.3 Å². The van der Waals surface area contributed by atoms with Crippen molar-refractivity contribution in [3.05, 3.63) is 11.6 Å². The summed E-state index contributed by atoms with van der Waals surface area (Å²) in [5, 5.41) is 25.1. The number of nitrogens with zero attached hydrogens (tertiary/aromatic N) is 2. The Labute approximate surface area is 84.2 Å². The van der Waals surface area contributed by atoms with Gasteiger partial charge in [-0.3, -0.25) is 0 Å². The summed E-state index contributed by atoms with van der Waals surface area (Å²) >= 11 is 0. The van der Waals surface area contributed by atoms with E-state index in [2.05, 4.69) is 13.8 Å². The molecule has 0 aromatic rings. The Hall–Kier alpha value is -1.61. The zero-order chi connectivity index (χ0) is 10.8. The van der Waals surface area contributed by atoms with Gasteiger partial charge in [0.25, 0.3) is 0 Å². The minimum atomic E-state index is -0.685. The number of nitrogens with one attached hydrogen (secondary N) is 1. The molecule has 1 N–H and O–H groups in total. The van der Waals surface area contributed by atoms with Crippen LogP contribution in [0.4, 0.5) is 0 Å². The molecule has 0 aromatic heterocycles. The van der Waals surface area contributed by atoms with Gasteiger partial charge in [0.1, 0.15) is 0 Å². The molecule has 1 rings (SSSR count). The molecule has 0 amide bonds. The fourth-order valence-corrected chi connectivity index (χ4v) is 1.84. The predicted molar refractivity (Wildman–Crippen MR) is 53.5 cm³/mol. The second kappa shape index (κ2) is 3.64. The van der Waals surface area contributed by atoms with E-state index in [0.29, 0.717) is 5.71 Å². The molecule has 0 unspecified atom stereocenters. The van der Waals surface area contributed by atoms with Gasteiger partial charge in [0, 0.05) is 5.71 Å². The largest absolute Gasteiger partial charge is 0.305 e. The minimum Gasteiger partial charge on any atom is -0.305 e. The molecule has 0 fully saturated rings. The van der Waals surface area contributed by atoms with Gasteiger partial charge in [0.2, 0.25) is 0 Å². The number of hydrogen-bond acceptors (Lipinski definition) is 3. The van der Waals surface area contributed by atoms with E-state index < -0.39 is 5.92 Å². The predicted octanol–water partition coefficient (Wildman–Crippen LogP) is 2.42. The van der Waals surface area contributed by atoms with E-state index in [0.717, 1.165) is 18.4 Å². The summed E-state index contributed by atoms with van der Waals surface area (Å²) in [4.78, 5) is 0. The Kier molecular flexibility index (Phi) is 2.72. The first-order valence-corrected chi connectivity index (χ1v) is 4.55. The summed E-state index contributed by atoms with van der Waals surface area (Å²) in [5.41, 5.74) is 1.32. The number of nitriles is 2. The molecule has 0 atom stereocenters. The maximum atomic E-state index is 8.75. The van der Waals surface area contributed by atoms with Gasteiger partial charge in [-0.05, 0) is 29.9 Å². The normalized spacial score (nSPS) is 19.8. The lowest BCUT2D eigenvalue weighted by molar-refractivity contribution is 0.366. The molecule has 0 bridgehead atoms. The van der Waals surface area contributed by atoms with Gasteiger partial charge < -0.3 is 5.41 Å². The van der Waals surface area contributed by atoms with Gasteiger partial charge >= 0.3 is 0 Å². The van der Waals surface area contributed by atoms with Crippen molar-refractivity contribution < 1.29 is 0 Å². The number of rotatable bonds is 1. The zero-order valence-corrected chi connectivity index (χ0v) is 8.46. The van der Waals surface area contributed by atoms with Crippen molar-refractivity contribution in [2.75, 3.05) is 0 Å². The van der Waals surface area contributed by atoms with Crippen LogP contribution in [0.5, 0.6) is 0 Å². The van der Waals surface area contributed by atoms with Crippen LogP contribution in [0.1, 0.15) is 26.7 Å². The molecule has 0 spiro atoms. The Morgan fingerprint density at radius 3 is 2.36 bits per heavy atom. The van der Waals surface area contributed by atoms with Crippen LogP contribution < -0.4 is 0 Å². The highest BCUT2D eigenvalue weighted by Gasteiger charge is 2.29. The van der Waals surface area contributed by atoms with Crippen molar-refractivity contribution in [2.45, 2.75) is 26.7 Å². The smallest absolute Gasteiger partial charge is 0.154 e. The first kappa shape index (κ1) is 10.5. The fraction of sp³-hybridized carbons (Fsp3) is 0.545. The van der Waals surface area contributed by atoms with Crippen LogP contribution in [0, 0.1) is 39.4 Å². The molecule has 0 radical (unpaired) electrons. The summed E-state index contributed by atoms with van der Waals surface area (Å²) in [7, 11) is 0. The third-order valence-corrected chi connectivity index (χ3v) is 2.34. The Bertz CT molecular complexity index is 349. The lowest BCUT2D eigenvalue weighted by atomic mass is 9.74. The highest BCUT2D eigenvalue weighted by atomic mass is 14.5. The van der Waals surface area contributed by atoms with Gasteiger partial charge in [0.15, 0.2) is 5.92 Å². The summed E-state index contributed by atoms with van der Waals surface area (Å²) in [6.07, 6.45) is 3.14. The van der Waals surface area contributed by atoms with Gasteiger partial charge in [0.05, 0.1) is 12.1 Å². The van der Waals surface area contributed by atoms with Gasteiger partial charge in [-0.15, -0.1) is 0 Å². The van der Waals surface area contributed by atoms with E-state index in [1.807, 2.05) is 12.1 Å². The Morgan fingerprint density at radius 2 is 1.93 bits per heavy atom. The monoisotopic (exact) mass is 187 g/mol. The Morgan fingerprint density at radius 1 is 1.36 bits per heavy atom. The van der Waals surface area contributed by atoms with Crippen molar-refractivity contribution in [1.82, 2.24) is 0 Å². The molecule has 3 heteroatoms. The van der Waals surface area contributed by atoms with Crippen molar-refractivity contribution >= 4 is 5.71 Å². The van der Waals surface area contributed by atoms with Gasteiger partial charge in [-0.1, -0.05) is 13.8 Å². The SMILES string of the molecule is CC1(C)CC(=N)C=C(C(C#N)C#N)C1. The van der Waals surface area contributed by atoms with E-state index in [9.17, 15) is 0 Å². The van der Waals surface area contributed by atoms with Crippen LogP contribution in [0.25, 0.3) is 0 Å². The van der Waals surface area contributed by atoms with Crippen LogP contribution in [0.3, 0.4) is 0 Å². The van der Waals surface area contributed by atoms with Crippen molar-refractivity contribution in [1.29, 1.82) is 15.9 Å². The average Bonchev–Trinajstić information content (AvgIpc) is 2.02. The highest BCUT2D eigenvalue weighted by Crippen LogP contribution is 2.36. The summed E-state index contributed by atoms with van der Waals surface area (Å²) in [5.74, 6) is -0.685. The molecule has 0 heterocycles. The summed E-state index contributed by atoms with van der Waals surface area (Å²) in [6, 6.07) is 3.91.